The van der Waals surface area contributed by atoms with E-state index in [2.05, 4.69) is 4.74 Å². The van der Waals surface area contributed by atoms with Gasteiger partial charge in [-0.1, -0.05) is 12.1 Å². The molecule has 1 rings (SSSR count). The highest BCUT2D eigenvalue weighted by molar-refractivity contribution is 5.77. The molecule has 0 amide bonds. The maximum absolute atomic E-state index is 13.3. The van der Waals surface area contributed by atoms with Gasteiger partial charge in [-0.3, -0.25) is 0 Å². The van der Waals surface area contributed by atoms with Crippen molar-refractivity contribution >= 4 is 5.97 Å². The van der Waals surface area contributed by atoms with Gasteiger partial charge in [-0.2, -0.15) is 14.0 Å². The number of carbonyl (C=O) groups is 1. The van der Waals surface area contributed by atoms with E-state index in [1.807, 2.05) is 6.07 Å². The Labute approximate surface area is 97.6 Å². The van der Waals surface area contributed by atoms with Crippen molar-refractivity contribution in [3.63, 3.8) is 0 Å². The second-order valence-electron chi connectivity index (χ2n) is 3.41. The zero-order valence-electron chi connectivity index (χ0n) is 9.24. The Morgan fingerprint density at radius 3 is 2.47 bits per heavy atom. The molecule has 90 valence electrons. The van der Waals surface area contributed by atoms with Crippen molar-refractivity contribution in [1.29, 1.82) is 5.26 Å². The molecule has 0 aliphatic carbocycles. The second kappa shape index (κ2) is 5.39. The van der Waals surface area contributed by atoms with Gasteiger partial charge in [0.05, 0.1) is 18.2 Å². The number of hydrogen-bond acceptors (Lipinski definition) is 3. The molecule has 0 saturated heterocycles. The summed E-state index contributed by atoms with van der Waals surface area (Å²) < 4.78 is 30.9. The van der Waals surface area contributed by atoms with E-state index in [0.29, 0.717) is 5.56 Å². The molecule has 0 saturated carbocycles. The zero-order chi connectivity index (χ0) is 12.9. The number of carbonyl (C=O) groups excluding carboxylic acids is 1. The first-order chi connectivity index (χ1) is 7.99. The normalized spacial score (nSPS) is 10.7. The number of nitriles is 1. The first-order valence-corrected chi connectivity index (χ1v) is 5.03. The van der Waals surface area contributed by atoms with Crippen molar-refractivity contribution in [2.75, 3.05) is 6.61 Å². The average Bonchev–Trinajstić information content (AvgIpc) is 2.30. The number of benzene rings is 1. The molecular weight excluding hydrogens is 228 g/mol. The SMILES string of the molecule is CCOC(=O)C(F)(F)Cc1ccc(C#N)cc1. The van der Waals surface area contributed by atoms with E-state index < -0.39 is 18.3 Å². The summed E-state index contributed by atoms with van der Waals surface area (Å²) in [6.45, 7) is 1.39. The molecular formula is C12H11F2NO2. The van der Waals surface area contributed by atoms with Gasteiger partial charge in [0.15, 0.2) is 0 Å². The molecule has 0 atom stereocenters. The summed E-state index contributed by atoms with van der Waals surface area (Å²) in [4.78, 5) is 11.0. The van der Waals surface area contributed by atoms with Gasteiger partial charge in [0.25, 0.3) is 0 Å². The Morgan fingerprint density at radius 2 is 2.00 bits per heavy atom. The van der Waals surface area contributed by atoms with Gasteiger partial charge in [0.2, 0.25) is 0 Å². The van der Waals surface area contributed by atoms with Gasteiger partial charge in [0.1, 0.15) is 0 Å². The maximum Gasteiger partial charge on any atom is 0.377 e. The highest BCUT2D eigenvalue weighted by Gasteiger charge is 2.40. The Balaban J connectivity index is 2.76. The lowest BCUT2D eigenvalue weighted by Gasteiger charge is -2.14. The van der Waals surface area contributed by atoms with Gasteiger partial charge in [-0.25, -0.2) is 4.79 Å². The Morgan fingerprint density at radius 1 is 1.41 bits per heavy atom. The van der Waals surface area contributed by atoms with E-state index in [9.17, 15) is 13.6 Å². The molecule has 3 nitrogen and oxygen atoms in total. The lowest BCUT2D eigenvalue weighted by atomic mass is 10.1. The molecule has 0 N–H and O–H groups in total. The summed E-state index contributed by atoms with van der Waals surface area (Å²) >= 11 is 0. The van der Waals surface area contributed by atoms with Gasteiger partial charge < -0.3 is 4.74 Å². The van der Waals surface area contributed by atoms with Crippen molar-refractivity contribution in [3.8, 4) is 6.07 Å². The Kier molecular flexibility index (Phi) is 4.16. The maximum atomic E-state index is 13.3. The minimum Gasteiger partial charge on any atom is -0.462 e. The third-order valence-corrected chi connectivity index (χ3v) is 2.08. The lowest BCUT2D eigenvalue weighted by molar-refractivity contribution is -0.171. The monoisotopic (exact) mass is 239 g/mol. The number of alkyl halides is 2. The Bertz CT molecular complexity index is 435. The fraction of sp³-hybridized carbons (Fsp3) is 0.333. The second-order valence-corrected chi connectivity index (χ2v) is 3.41. The van der Waals surface area contributed by atoms with Crippen molar-refractivity contribution in [2.24, 2.45) is 0 Å². The number of nitrogens with zero attached hydrogens (tertiary/aromatic N) is 1. The van der Waals surface area contributed by atoms with E-state index in [1.54, 1.807) is 0 Å². The molecule has 0 fully saturated rings. The summed E-state index contributed by atoms with van der Waals surface area (Å²) in [5.74, 6) is -5.06. The first kappa shape index (κ1) is 13.1. The van der Waals surface area contributed by atoms with Crippen LogP contribution in [0.3, 0.4) is 0 Å². The quantitative estimate of drug-likeness (QED) is 0.757. The highest BCUT2D eigenvalue weighted by Crippen LogP contribution is 2.22. The molecule has 0 aliphatic rings. The van der Waals surface area contributed by atoms with Crippen molar-refractivity contribution in [2.45, 2.75) is 19.3 Å². The highest BCUT2D eigenvalue weighted by atomic mass is 19.3. The van der Waals surface area contributed by atoms with Gasteiger partial charge in [-0.05, 0) is 24.6 Å². The molecule has 0 spiro atoms. The van der Waals surface area contributed by atoms with Gasteiger partial charge in [0, 0.05) is 6.42 Å². The number of rotatable bonds is 4. The molecule has 5 heteroatoms. The van der Waals surface area contributed by atoms with Crippen LogP contribution in [0.15, 0.2) is 24.3 Å². The first-order valence-electron chi connectivity index (χ1n) is 5.03. The topological polar surface area (TPSA) is 50.1 Å². The van der Waals surface area contributed by atoms with E-state index in [-0.39, 0.29) is 12.2 Å². The molecule has 0 aromatic heterocycles. The minimum atomic E-state index is -3.54. The van der Waals surface area contributed by atoms with Crippen LogP contribution in [0, 0.1) is 11.3 Å². The van der Waals surface area contributed by atoms with Crippen LogP contribution < -0.4 is 0 Å². The summed E-state index contributed by atoms with van der Waals surface area (Å²) in [5.41, 5.74) is 0.662. The smallest absolute Gasteiger partial charge is 0.377 e. The molecule has 1 aromatic carbocycles. The number of hydrogen-bond donors (Lipinski definition) is 0. The largest absolute Gasteiger partial charge is 0.462 e. The summed E-state index contributed by atoms with van der Waals surface area (Å²) in [5, 5.41) is 8.55. The number of esters is 1. The standard InChI is InChI=1S/C12H11F2NO2/c1-2-17-11(16)12(13,14)7-9-3-5-10(8-15)6-4-9/h3-6H,2,7H2,1H3. The number of ether oxygens (including phenoxy) is 1. The van der Waals surface area contributed by atoms with E-state index in [0.717, 1.165) is 0 Å². The van der Waals surface area contributed by atoms with Crippen LogP contribution >= 0.6 is 0 Å². The molecule has 0 unspecified atom stereocenters. The van der Waals surface area contributed by atoms with E-state index >= 15 is 0 Å². The van der Waals surface area contributed by atoms with Crippen LogP contribution in [-0.2, 0) is 16.0 Å². The molecule has 0 aliphatic heterocycles. The fourth-order valence-electron chi connectivity index (χ4n) is 1.26. The van der Waals surface area contributed by atoms with Gasteiger partial charge >= 0.3 is 11.9 Å². The third-order valence-electron chi connectivity index (χ3n) is 2.08. The Hall–Kier alpha value is -1.96. The molecule has 0 heterocycles. The third kappa shape index (κ3) is 3.52. The number of halogens is 2. The predicted octanol–water partition coefficient (Wildman–Crippen LogP) is 2.30. The molecule has 0 radical (unpaired) electrons. The summed E-state index contributed by atoms with van der Waals surface area (Å²) in [7, 11) is 0. The van der Waals surface area contributed by atoms with Crippen LogP contribution in [0.4, 0.5) is 8.78 Å². The van der Waals surface area contributed by atoms with Crippen LogP contribution in [-0.4, -0.2) is 18.5 Å². The lowest BCUT2D eigenvalue weighted by Crippen LogP contribution is -2.33. The molecule has 1 aromatic rings. The van der Waals surface area contributed by atoms with Crippen molar-refractivity contribution in [3.05, 3.63) is 35.4 Å². The average molecular weight is 239 g/mol. The van der Waals surface area contributed by atoms with Crippen LogP contribution in [0.1, 0.15) is 18.1 Å². The summed E-state index contributed by atoms with van der Waals surface area (Å²) in [6, 6.07) is 7.52. The van der Waals surface area contributed by atoms with Crippen LogP contribution in [0.5, 0.6) is 0 Å². The minimum absolute atomic E-state index is 0.0816. The van der Waals surface area contributed by atoms with Crippen molar-refractivity contribution < 1.29 is 18.3 Å². The van der Waals surface area contributed by atoms with E-state index in [1.165, 1.54) is 31.2 Å². The van der Waals surface area contributed by atoms with Crippen LogP contribution in [0.25, 0.3) is 0 Å². The summed E-state index contributed by atoms with van der Waals surface area (Å²) in [6.07, 6.45) is -0.725. The zero-order valence-corrected chi connectivity index (χ0v) is 9.24. The molecule has 0 bridgehead atoms. The van der Waals surface area contributed by atoms with Crippen LogP contribution in [0.2, 0.25) is 0 Å². The van der Waals surface area contributed by atoms with Crippen molar-refractivity contribution in [1.82, 2.24) is 0 Å². The fourth-order valence-corrected chi connectivity index (χ4v) is 1.26. The van der Waals surface area contributed by atoms with E-state index in [4.69, 9.17) is 5.26 Å². The molecule has 17 heavy (non-hydrogen) atoms. The predicted molar refractivity (Wildman–Crippen MR) is 56.4 cm³/mol. The van der Waals surface area contributed by atoms with Gasteiger partial charge in [-0.15, -0.1) is 0 Å².